The summed E-state index contributed by atoms with van der Waals surface area (Å²) in [6.45, 7) is 2.00. The molecule has 0 saturated heterocycles. The van der Waals surface area contributed by atoms with Crippen molar-refractivity contribution in [1.29, 1.82) is 0 Å². The van der Waals surface area contributed by atoms with E-state index in [9.17, 15) is 0 Å². The molecule has 12 heteroatoms. The quantitative estimate of drug-likeness (QED) is 0.0859. The summed E-state index contributed by atoms with van der Waals surface area (Å²) in [7, 11) is 0. The molecule has 0 bridgehead atoms. The SMILES string of the molecule is c1ccc(N(Cc2cc3cc4cc(CN(c5ccccn5)c5ccccn5)c(CN(c5ccccn5)c5ccccn5)cc4cc3cc2CN(c2ccccn2)c2ccccn2)c2ccccn2)nc1. The summed E-state index contributed by atoms with van der Waals surface area (Å²) in [6, 6.07) is 61.7. The molecule has 0 aliphatic rings. The third-order valence-corrected chi connectivity index (χ3v) is 12.2. The molecule has 0 aliphatic carbocycles. The minimum absolute atomic E-state index is 0.500. The molecule has 70 heavy (non-hydrogen) atoms. The number of hydrogen-bond acceptors (Lipinski definition) is 12. The highest BCUT2D eigenvalue weighted by atomic mass is 15.3. The van der Waals surface area contributed by atoms with E-state index in [-0.39, 0.29) is 0 Å². The van der Waals surface area contributed by atoms with Gasteiger partial charge in [0.1, 0.15) is 46.5 Å². The predicted molar refractivity (Wildman–Crippen MR) is 279 cm³/mol. The second-order valence-corrected chi connectivity index (χ2v) is 16.6. The van der Waals surface area contributed by atoms with Gasteiger partial charge in [0.2, 0.25) is 0 Å². The molecule has 3 aromatic carbocycles. The number of benzene rings is 3. The van der Waals surface area contributed by atoms with Gasteiger partial charge in [0, 0.05) is 49.6 Å². The van der Waals surface area contributed by atoms with Gasteiger partial charge >= 0.3 is 0 Å². The van der Waals surface area contributed by atoms with Gasteiger partial charge in [-0.1, -0.05) is 48.5 Å². The minimum atomic E-state index is 0.500. The van der Waals surface area contributed by atoms with E-state index in [4.69, 9.17) is 39.9 Å². The van der Waals surface area contributed by atoms with Gasteiger partial charge in [0.05, 0.1) is 26.2 Å². The van der Waals surface area contributed by atoms with E-state index in [1.165, 1.54) is 0 Å². The largest absolute Gasteiger partial charge is 0.307 e. The molecule has 12 nitrogen and oxygen atoms in total. The summed E-state index contributed by atoms with van der Waals surface area (Å²) in [5.74, 6) is 6.37. The molecule has 0 unspecified atom stereocenters. The lowest BCUT2D eigenvalue weighted by Crippen LogP contribution is -2.23. The fourth-order valence-electron chi connectivity index (χ4n) is 8.78. The Hall–Kier alpha value is -9.42. The first-order valence-electron chi connectivity index (χ1n) is 23.1. The Labute approximate surface area is 406 Å². The lowest BCUT2D eigenvalue weighted by atomic mass is 9.94. The topological polar surface area (TPSA) is 116 Å². The van der Waals surface area contributed by atoms with Crippen LogP contribution in [-0.2, 0) is 26.2 Å². The van der Waals surface area contributed by atoms with Crippen molar-refractivity contribution in [2.45, 2.75) is 26.2 Å². The monoisotopic (exact) mass is 910 g/mol. The van der Waals surface area contributed by atoms with Gasteiger partial charge in [0.25, 0.3) is 0 Å². The van der Waals surface area contributed by atoms with Crippen LogP contribution in [0.25, 0.3) is 21.5 Å². The molecular formula is C58H46N12. The normalized spacial score (nSPS) is 11.1. The van der Waals surface area contributed by atoms with Crippen molar-refractivity contribution in [3.63, 3.8) is 0 Å². The van der Waals surface area contributed by atoms with E-state index in [0.717, 1.165) is 90.3 Å². The molecule has 0 amide bonds. The standard InChI is InChI=1S/C58H46N12/c1-9-25-59-51(17-1)67(52-18-2-10-26-60-52)39-47-35-43-33-45-37-49(41-69(55-21-5-13-29-63-55)56-22-6-14-30-64-56)50(42-70(57-23-7-15-31-65-57)58-24-8-16-32-66-58)38-46(45)34-44(43)36-48(47)40-68(53-19-3-11-27-61-53)54-20-4-12-28-62-54/h1-38H,39-42H2. The number of aromatic nitrogens is 8. The Bertz CT molecular complexity index is 2820. The lowest BCUT2D eigenvalue weighted by molar-refractivity contribution is 0.872. The zero-order valence-corrected chi connectivity index (χ0v) is 38.1. The summed E-state index contributed by atoms with van der Waals surface area (Å²) in [4.78, 5) is 47.2. The van der Waals surface area contributed by atoms with Crippen molar-refractivity contribution in [3.05, 3.63) is 254 Å². The Morgan fingerprint density at radius 3 is 0.529 bits per heavy atom. The van der Waals surface area contributed by atoms with Crippen LogP contribution in [0.2, 0.25) is 0 Å². The first-order chi connectivity index (χ1) is 34.7. The number of nitrogens with zero attached hydrogens (tertiary/aromatic N) is 12. The van der Waals surface area contributed by atoms with Crippen molar-refractivity contribution in [2.75, 3.05) is 19.6 Å². The predicted octanol–water partition coefficient (Wildman–Crippen LogP) is 12.5. The van der Waals surface area contributed by atoms with Crippen LogP contribution in [0.15, 0.2) is 232 Å². The Balaban J connectivity index is 1.10. The van der Waals surface area contributed by atoms with Crippen molar-refractivity contribution >= 4 is 68.1 Å². The Morgan fingerprint density at radius 2 is 0.386 bits per heavy atom. The van der Waals surface area contributed by atoms with Gasteiger partial charge in [-0.15, -0.1) is 0 Å². The highest BCUT2D eigenvalue weighted by Gasteiger charge is 2.22. The molecule has 11 rings (SSSR count). The van der Waals surface area contributed by atoms with Gasteiger partial charge < -0.3 is 19.6 Å². The van der Waals surface area contributed by atoms with Crippen LogP contribution >= 0.6 is 0 Å². The average molecular weight is 911 g/mol. The average Bonchev–Trinajstić information content (AvgIpc) is 3.44. The smallest absolute Gasteiger partial charge is 0.134 e. The highest BCUT2D eigenvalue weighted by Crippen LogP contribution is 2.36. The highest BCUT2D eigenvalue weighted by molar-refractivity contribution is 5.99. The summed E-state index contributed by atoms with van der Waals surface area (Å²) < 4.78 is 0. The van der Waals surface area contributed by atoms with E-state index < -0.39 is 0 Å². The molecular weight excluding hydrogens is 865 g/mol. The maximum absolute atomic E-state index is 4.82. The number of anilines is 8. The number of hydrogen-bond donors (Lipinski definition) is 0. The van der Waals surface area contributed by atoms with Crippen LogP contribution in [-0.4, -0.2) is 39.9 Å². The van der Waals surface area contributed by atoms with E-state index in [0.29, 0.717) is 26.2 Å². The van der Waals surface area contributed by atoms with Gasteiger partial charge in [0.15, 0.2) is 0 Å². The van der Waals surface area contributed by atoms with Crippen LogP contribution in [0.4, 0.5) is 46.5 Å². The van der Waals surface area contributed by atoms with Crippen LogP contribution in [0, 0.1) is 0 Å². The molecule has 0 N–H and O–H groups in total. The van der Waals surface area contributed by atoms with Crippen LogP contribution in [0.3, 0.4) is 0 Å². The third-order valence-electron chi connectivity index (χ3n) is 12.2. The number of fused-ring (bicyclic) bond motifs is 2. The fraction of sp³-hybridized carbons (Fsp3) is 0.0690. The number of rotatable bonds is 16. The summed E-state index contributed by atoms with van der Waals surface area (Å²) in [5, 5.41) is 4.40. The van der Waals surface area contributed by atoms with Crippen LogP contribution < -0.4 is 19.6 Å². The minimum Gasteiger partial charge on any atom is -0.307 e. The molecule has 0 atom stereocenters. The van der Waals surface area contributed by atoms with E-state index in [2.05, 4.69) is 56.0 Å². The maximum atomic E-state index is 4.82. The van der Waals surface area contributed by atoms with Crippen molar-refractivity contribution in [3.8, 4) is 0 Å². The van der Waals surface area contributed by atoms with Crippen LogP contribution in [0.5, 0.6) is 0 Å². The summed E-state index contributed by atoms with van der Waals surface area (Å²) in [5.41, 5.74) is 4.42. The first-order valence-corrected chi connectivity index (χ1v) is 23.1. The Kier molecular flexibility index (Phi) is 12.5. The second kappa shape index (κ2) is 20.2. The van der Waals surface area contributed by atoms with Crippen molar-refractivity contribution in [1.82, 2.24) is 39.9 Å². The van der Waals surface area contributed by atoms with E-state index in [1.807, 2.05) is 195 Å². The molecule has 338 valence electrons. The van der Waals surface area contributed by atoms with E-state index in [1.54, 1.807) is 0 Å². The lowest BCUT2D eigenvalue weighted by Gasteiger charge is -2.28. The molecule has 0 radical (unpaired) electrons. The second-order valence-electron chi connectivity index (χ2n) is 16.6. The van der Waals surface area contributed by atoms with Gasteiger partial charge in [-0.3, -0.25) is 0 Å². The molecule has 8 heterocycles. The van der Waals surface area contributed by atoms with Gasteiger partial charge in [-0.25, -0.2) is 39.9 Å². The summed E-state index contributed by atoms with van der Waals surface area (Å²) >= 11 is 0. The van der Waals surface area contributed by atoms with Gasteiger partial charge in [-0.2, -0.15) is 0 Å². The number of pyridine rings is 8. The van der Waals surface area contributed by atoms with Crippen molar-refractivity contribution < 1.29 is 0 Å². The molecule has 11 aromatic rings. The maximum Gasteiger partial charge on any atom is 0.134 e. The third kappa shape index (κ3) is 9.55. The molecule has 0 saturated carbocycles. The fourth-order valence-corrected chi connectivity index (χ4v) is 8.78. The Morgan fingerprint density at radius 1 is 0.214 bits per heavy atom. The molecule has 0 aliphatic heterocycles. The van der Waals surface area contributed by atoms with Crippen molar-refractivity contribution in [2.24, 2.45) is 0 Å². The van der Waals surface area contributed by atoms with Crippen LogP contribution in [0.1, 0.15) is 22.3 Å². The molecule has 0 fully saturated rings. The zero-order chi connectivity index (χ0) is 46.9. The summed E-state index contributed by atoms with van der Waals surface area (Å²) in [6.07, 6.45) is 14.6. The molecule has 0 spiro atoms. The zero-order valence-electron chi connectivity index (χ0n) is 38.1. The first kappa shape index (κ1) is 43.2. The van der Waals surface area contributed by atoms with Gasteiger partial charge in [-0.05, 0) is 177 Å². The van der Waals surface area contributed by atoms with E-state index >= 15 is 0 Å². The molecule has 8 aromatic heterocycles.